The second-order valence-corrected chi connectivity index (χ2v) is 6.55. The number of benzene rings is 1. The van der Waals surface area contributed by atoms with Crippen LogP contribution in [-0.4, -0.2) is 58.9 Å². The van der Waals surface area contributed by atoms with Gasteiger partial charge in [0.25, 0.3) is 0 Å². The van der Waals surface area contributed by atoms with Crippen LogP contribution in [0.2, 0.25) is 0 Å². The number of nitrogens with zero attached hydrogens (tertiary/aromatic N) is 3. The third kappa shape index (κ3) is 3.14. The number of aromatic nitrogens is 1. The van der Waals surface area contributed by atoms with Crippen molar-refractivity contribution in [2.75, 3.05) is 26.7 Å². The van der Waals surface area contributed by atoms with Crippen molar-refractivity contribution in [1.29, 1.82) is 0 Å². The Balaban J connectivity index is 1.71. The van der Waals surface area contributed by atoms with Gasteiger partial charge in [0.1, 0.15) is 6.04 Å². The van der Waals surface area contributed by atoms with Gasteiger partial charge in [0.2, 0.25) is 11.8 Å². The molecule has 2 amide bonds. The quantitative estimate of drug-likeness (QED) is 0.900. The molecule has 0 saturated carbocycles. The van der Waals surface area contributed by atoms with Crippen molar-refractivity contribution in [3.05, 3.63) is 36.0 Å². The van der Waals surface area contributed by atoms with Crippen LogP contribution in [0.15, 0.2) is 30.5 Å². The molecule has 1 saturated heterocycles. The fraction of sp³-hybridized carbons (Fsp3) is 0.444. The van der Waals surface area contributed by atoms with Crippen LogP contribution in [0.3, 0.4) is 0 Å². The predicted molar refractivity (Wildman–Crippen MR) is 93.4 cm³/mol. The second-order valence-electron chi connectivity index (χ2n) is 6.55. The number of hydrogen-bond donors (Lipinski definition) is 1. The Morgan fingerprint density at radius 3 is 2.71 bits per heavy atom. The number of nitrogens with two attached hydrogens (primary N) is 1. The zero-order valence-electron chi connectivity index (χ0n) is 14.2. The number of carbonyl (C=O) groups excluding carboxylic acids is 2. The van der Waals surface area contributed by atoms with E-state index < -0.39 is 11.9 Å². The van der Waals surface area contributed by atoms with Crippen LogP contribution in [0.25, 0.3) is 10.9 Å². The molecule has 1 aromatic heterocycles. The normalized spacial score (nSPS) is 18.9. The van der Waals surface area contributed by atoms with Crippen molar-refractivity contribution in [3.8, 4) is 0 Å². The molecule has 1 aliphatic heterocycles. The molecule has 2 heterocycles. The van der Waals surface area contributed by atoms with Gasteiger partial charge in [-0.25, -0.2) is 0 Å². The first-order valence-corrected chi connectivity index (χ1v) is 8.27. The number of carbonyl (C=O) groups is 2. The number of hydrogen-bond acceptors (Lipinski definition) is 3. The van der Waals surface area contributed by atoms with E-state index in [4.69, 9.17) is 5.73 Å². The molecule has 0 bridgehead atoms. The fourth-order valence-electron chi connectivity index (χ4n) is 3.47. The van der Waals surface area contributed by atoms with Gasteiger partial charge in [-0.3, -0.25) is 9.59 Å². The van der Waals surface area contributed by atoms with Crippen LogP contribution < -0.4 is 5.73 Å². The predicted octanol–water partition coefficient (Wildman–Crippen LogP) is 0.739. The van der Waals surface area contributed by atoms with Crippen molar-refractivity contribution in [2.24, 2.45) is 12.8 Å². The Morgan fingerprint density at radius 2 is 1.96 bits per heavy atom. The van der Waals surface area contributed by atoms with Crippen LogP contribution >= 0.6 is 0 Å². The van der Waals surface area contributed by atoms with Crippen molar-refractivity contribution in [1.82, 2.24) is 14.4 Å². The maximum absolute atomic E-state index is 12.6. The van der Waals surface area contributed by atoms with Crippen molar-refractivity contribution in [3.63, 3.8) is 0 Å². The highest BCUT2D eigenvalue weighted by Crippen LogP contribution is 2.22. The molecule has 0 aliphatic carbocycles. The van der Waals surface area contributed by atoms with E-state index in [0.29, 0.717) is 25.9 Å². The molecule has 1 aliphatic rings. The third-order valence-corrected chi connectivity index (χ3v) is 4.82. The lowest BCUT2D eigenvalue weighted by Gasteiger charge is -2.38. The first kappa shape index (κ1) is 16.5. The monoisotopic (exact) mass is 328 g/mol. The van der Waals surface area contributed by atoms with Gasteiger partial charge < -0.3 is 20.1 Å². The van der Waals surface area contributed by atoms with E-state index >= 15 is 0 Å². The van der Waals surface area contributed by atoms with E-state index in [1.54, 1.807) is 4.90 Å². The smallest absolute Gasteiger partial charge is 0.241 e. The molecule has 6 nitrogen and oxygen atoms in total. The summed E-state index contributed by atoms with van der Waals surface area (Å²) in [5, 5.41) is 1.18. The van der Waals surface area contributed by atoms with E-state index in [9.17, 15) is 9.59 Å². The molecule has 128 valence electrons. The summed E-state index contributed by atoms with van der Waals surface area (Å²) >= 11 is 0. The number of primary amides is 1. The molecule has 1 fully saturated rings. The highest BCUT2D eigenvalue weighted by atomic mass is 16.2. The van der Waals surface area contributed by atoms with E-state index in [0.717, 1.165) is 17.6 Å². The standard InChI is InChI=1S/C18H24N4O2/c1-20-9-10-22(16(12-20)18(19)24)17(23)8-7-13-11-21(2)15-6-4-3-5-14(13)15/h3-6,11,16H,7-10,12H2,1-2H3,(H2,19,24). The number of likely N-dealkylation sites (N-methyl/N-ethyl adjacent to an activating group) is 1. The van der Waals surface area contributed by atoms with E-state index in [1.165, 1.54) is 5.39 Å². The van der Waals surface area contributed by atoms with Gasteiger partial charge in [-0.2, -0.15) is 0 Å². The molecule has 3 rings (SSSR count). The SMILES string of the molecule is CN1CCN(C(=O)CCc2cn(C)c3ccccc23)C(C(N)=O)C1. The number of rotatable bonds is 4. The van der Waals surface area contributed by atoms with Crippen molar-refractivity contribution >= 4 is 22.7 Å². The van der Waals surface area contributed by atoms with Crippen LogP contribution in [0.5, 0.6) is 0 Å². The molecule has 2 N–H and O–H groups in total. The average molecular weight is 328 g/mol. The minimum atomic E-state index is -0.524. The Kier molecular flexibility index (Phi) is 4.57. The molecule has 1 unspecified atom stereocenters. The highest BCUT2D eigenvalue weighted by molar-refractivity contribution is 5.88. The van der Waals surface area contributed by atoms with Crippen molar-refractivity contribution in [2.45, 2.75) is 18.9 Å². The van der Waals surface area contributed by atoms with E-state index in [-0.39, 0.29) is 5.91 Å². The minimum Gasteiger partial charge on any atom is -0.368 e. The number of fused-ring (bicyclic) bond motifs is 1. The van der Waals surface area contributed by atoms with Crippen LogP contribution in [0.1, 0.15) is 12.0 Å². The van der Waals surface area contributed by atoms with Gasteiger partial charge in [0.15, 0.2) is 0 Å². The Bertz CT molecular complexity index is 767. The van der Waals surface area contributed by atoms with E-state index in [2.05, 4.69) is 22.9 Å². The number of para-hydroxylation sites is 1. The maximum atomic E-state index is 12.6. The lowest BCUT2D eigenvalue weighted by atomic mass is 10.1. The average Bonchev–Trinajstić information content (AvgIpc) is 2.89. The lowest BCUT2D eigenvalue weighted by Crippen LogP contribution is -2.59. The molecular weight excluding hydrogens is 304 g/mol. The molecule has 1 atom stereocenters. The highest BCUT2D eigenvalue weighted by Gasteiger charge is 2.32. The maximum Gasteiger partial charge on any atom is 0.241 e. The summed E-state index contributed by atoms with van der Waals surface area (Å²) in [6, 6.07) is 7.65. The van der Waals surface area contributed by atoms with Gasteiger partial charge in [-0.05, 0) is 25.1 Å². The molecule has 1 aromatic carbocycles. The van der Waals surface area contributed by atoms with E-state index in [1.807, 2.05) is 31.1 Å². The zero-order chi connectivity index (χ0) is 17.3. The van der Waals surface area contributed by atoms with Crippen LogP contribution in [-0.2, 0) is 23.1 Å². The third-order valence-electron chi connectivity index (χ3n) is 4.82. The Labute approximate surface area is 141 Å². The molecular formula is C18H24N4O2. The lowest BCUT2D eigenvalue weighted by molar-refractivity contribution is -0.142. The summed E-state index contributed by atoms with van der Waals surface area (Å²) < 4.78 is 2.08. The minimum absolute atomic E-state index is 0.000154. The van der Waals surface area contributed by atoms with Crippen molar-refractivity contribution < 1.29 is 9.59 Å². The summed E-state index contributed by atoms with van der Waals surface area (Å²) in [5.41, 5.74) is 7.80. The topological polar surface area (TPSA) is 71.6 Å². The zero-order valence-corrected chi connectivity index (χ0v) is 14.2. The molecule has 2 aromatic rings. The van der Waals surface area contributed by atoms with Gasteiger partial charge in [-0.15, -0.1) is 0 Å². The number of amides is 2. The summed E-state index contributed by atoms with van der Waals surface area (Å²) in [7, 11) is 3.95. The van der Waals surface area contributed by atoms with Gasteiger partial charge in [0, 0.05) is 50.2 Å². The summed E-state index contributed by atoms with van der Waals surface area (Å²) in [4.78, 5) is 28.0. The van der Waals surface area contributed by atoms with Gasteiger partial charge in [0.05, 0.1) is 0 Å². The molecule has 24 heavy (non-hydrogen) atoms. The van der Waals surface area contributed by atoms with Gasteiger partial charge in [-0.1, -0.05) is 18.2 Å². The number of piperazine rings is 1. The van der Waals surface area contributed by atoms with Crippen LogP contribution in [0, 0.1) is 0 Å². The fourth-order valence-corrected chi connectivity index (χ4v) is 3.47. The molecule has 0 spiro atoms. The van der Waals surface area contributed by atoms with Crippen LogP contribution in [0.4, 0.5) is 0 Å². The summed E-state index contributed by atoms with van der Waals surface area (Å²) in [6.07, 6.45) is 3.13. The summed E-state index contributed by atoms with van der Waals surface area (Å²) in [5.74, 6) is -0.431. The first-order chi connectivity index (χ1) is 11.5. The largest absolute Gasteiger partial charge is 0.368 e. The molecule has 6 heteroatoms. The second kappa shape index (κ2) is 6.65. The molecule has 0 radical (unpaired) electrons. The number of aryl methyl sites for hydroxylation is 2. The Morgan fingerprint density at radius 1 is 1.21 bits per heavy atom. The summed E-state index contributed by atoms with van der Waals surface area (Å²) in [6.45, 7) is 1.83. The Hall–Kier alpha value is -2.34. The first-order valence-electron chi connectivity index (χ1n) is 8.27. The van der Waals surface area contributed by atoms with Gasteiger partial charge >= 0.3 is 0 Å².